The van der Waals surface area contributed by atoms with Crippen molar-refractivity contribution in [2.24, 2.45) is 5.73 Å². The molecule has 0 radical (unpaired) electrons. The zero-order chi connectivity index (χ0) is 20.5. The van der Waals surface area contributed by atoms with Crippen LogP contribution in [0.15, 0.2) is 54.9 Å². The van der Waals surface area contributed by atoms with E-state index in [-0.39, 0.29) is 32.2 Å². The average Bonchev–Trinajstić information content (AvgIpc) is 2.72. The molecule has 1 aliphatic rings. The van der Waals surface area contributed by atoms with Gasteiger partial charge < -0.3 is 20.9 Å². The summed E-state index contributed by atoms with van der Waals surface area (Å²) in [5, 5.41) is 15.0. The third-order valence-electron chi connectivity index (χ3n) is 5.39. The number of fused-ring (bicyclic) bond motifs is 2. The van der Waals surface area contributed by atoms with Crippen LogP contribution in [0.4, 0.5) is 10.5 Å². The molecule has 0 saturated carbocycles. The molecule has 7 nitrogen and oxygen atoms in total. The number of amides is 2. The van der Waals surface area contributed by atoms with Gasteiger partial charge in [-0.2, -0.15) is 13.5 Å². The van der Waals surface area contributed by atoms with Crippen LogP contribution in [-0.4, -0.2) is 47.3 Å². The van der Waals surface area contributed by atoms with Gasteiger partial charge in [-0.3, -0.25) is 9.78 Å². The minimum Gasteiger partial charge on any atom is -0.428 e. The van der Waals surface area contributed by atoms with E-state index >= 15 is 0 Å². The Bertz CT molecular complexity index is 1110. The van der Waals surface area contributed by atoms with E-state index < -0.39 is 19.0 Å². The molecule has 4 rings (SSSR count). The highest BCUT2D eigenvalue weighted by Gasteiger charge is 2.34. The molecular formula is C21H23BN4O3S. The zero-order valence-corrected chi connectivity index (χ0v) is 17.5. The molecule has 0 unspecified atom stereocenters. The molecule has 2 amide bonds. The number of rotatable bonds is 5. The number of ketones is 1. The van der Waals surface area contributed by atoms with Crippen LogP contribution < -0.4 is 16.5 Å². The summed E-state index contributed by atoms with van der Waals surface area (Å²) in [7, 11) is 0.495. The topological polar surface area (TPSA) is 109 Å². The van der Waals surface area contributed by atoms with E-state index in [0.29, 0.717) is 11.2 Å². The molecule has 0 fully saturated rings. The van der Waals surface area contributed by atoms with Crippen LogP contribution in [-0.2, 0) is 11.2 Å². The molecule has 2 heterocycles. The lowest BCUT2D eigenvalue weighted by atomic mass is 9.69. The van der Waals surface area contributed by atoms with Crippen LogP contribution in [0.2, 0.25) is 0 Å². The van der Waals surface area contributed by atoms with Crippen LogP contribution in [0.25, 0.3) is 10.8 Å². The van der Waals surface area contributed by atoms with E-state index in [2.05, 4.69) is 10.3 Å². The molecule has 1 aliphatic heterocycles. The van der Waals surface area contributed by atoms with Crippen molar-refractivity contribution in [3.8, 4) is 0 Å². The fourth-order valence-electron chi connectivity index (χ4n) is 3.67. The summed E-state index contributed by atoms with van der Waals surface area (Å²) in [5.41, 5.74) is 8.65. The smallest absolute Gasteiger partial charge is 0.428 e. The normalized spacial score (nSPS) is 14.0. The van der Waals surface area contributed by atoms with Gasteiger partial charge in [-0.25, -0.2) is 4.79 Å². The summed E-state index contributed by atoms with van der Waals surface area (Å²) in [6, 6.07) is 12.6. The van der Waals surface area contributed by atoms with Crippen molar-refractivity contribution in [2.75, 3.05) is 18.9 Å². The Labute approximate surface area is 181 Å². The Hall–Kier alpha value is -2.88. The number of nitrogens with zero attached hydrogens (tertiary/aromatic N) is 2. The lowest BCUT2D eigenvalue weighted by Crippen LogP contribution is -2.56. The number of aromatic nitrogens is 1. The summed E-state index contributed by atoms with van der Waals surface area (Å²) >= 11 is 0. The maximum atomic E-state index is 13.0. The van der Waals surface area contributed by atoms with Crippen molar-refractivity contribution in [2.45, 2.75) is 12.3 Å². The number of carbonyl (C=O) groups is 2. The molecule has 4 N–H and O–H groups in total. The Balaban J connectivity index is 0.00000256. The van der Waals surface area contributed by atoms with E-state index in [4.69, 9.17) is 5.73 Å². The van der Waals surface area contributed by atoms with Crippen LogP contribution in [0, 0.1) is 0 Å². The van der Waals surface area contributed by atoms with E-state index in [0.717, 1.165) is 21.9 Å². The molecule has 1 atom stereocenters. The number of Topliss-reactive ketones (excluding diaryl/α,β-unsaturated/α-hetero) is 1. The standard InChI is InChI=1S/C21H21BN4O3.H2S/c1-26-21(28)25-19-10-15(4-5-18(19)22(26)29)17(11-23)20(27)9-13-2-3-16-12-24-7-6-14(16)8-13;/h2-8,10,12,17,29H,9,11,23H2,1H3,(H,25,28);1H2/t17-;/m1./s1. The van der Waals surface area contributed by atoms with Gasteiger partial charge in [-0.05, 0) is 34.1 Å². The highest BCUT2D eigenvalue weighted by molar-refractivity contribution is 7.59. The van der Waals surface area contributed by atoms with Gasteiger partial charge in [0.2, 0.25) is 0 Å². The van der Waals surface area contributed by atoms with Crippen LogP contribution in [0.3, 0.4) is 0 Å². The summed E-state index contributed by atoms with van der Waals surface area (Å²) < 4.78 is 0. The summed E-state index contributed by atoms with van der Waals surface area (Å²) in [6.45, 7) is 0.158. The molecule has 2 aromatic carbocycles. The van der Waals surface area contributed by atoms with Crippen LogP contribution >= 0.6 is 13.5 Å². The lowest BCUT2D eigenvalue weighted by molar-refractivity contribution is -0.119. The van der Waals surface area contributed by atoms with Crippen molar-refractivity contribution in [1.29, 1.82) is 0 Å². The second-order valence-electron chi connectivity index (χ2n) is 7.25. The molecule has 0 bridgehead atoms. The largest absolute Gasteiger partial charge is 0.454 e. The highest BCUT2D eigenvalue weighted by atomic mass is 32.1. The Kier molecular flexibility index (Phi) is 6.45. The number of benzene rings is 2. The zero-order valence-electron chi connectivity index (χ0n) is 16.5. The molecule has 30 heavy (non-hydrogen) atoms. The van der Waals surface area contributed by atoms with Crippen LogP contribution in [0.5, 0.6) is 0 Å². The Morgan fingerprint density at radius 3 is 2.80 bits per heavy atom. The number of nitrogens with two attached hydrogens (primary N) is 1. The number of pyridine rings is 1. The third kappa shape index (κ3) is 4.05. The number of urea groups is 1. The van der Waals surface area contributed by atoms with E-state index in [1.807, 2.05) is 24.3 Å². The average molecular weight is 422 g/mol. The maximum Gasteiger partial charge on any atom is 0.454 e. The minimum atomic E-state index is -1.02. The van der Waals surface area contributed by atoms with Crippen molar-refractivity contribution < 1.29 is 14.6 Å². The molecule has 3 aromatic rings. The van der Waals surface area contributed by atoms with Gasteiger partial charge in [0, 0.05) is 43.5 Å². The Morgan fingerprint density at radius 1 is 1.23 bits per heavy atom. The van der Waals surface area contributed by atoms with Gasteiger partial charge >= 0.3 is 13.1 Å². The number of nitrogens with one attached hydrogen (secondary N) is 1. The predicted octanol–water partition coefficient (Wildman–Crippen LogP) is 1.37. The minimum absolute atomic E-state index is 0. The molecule has 154 valence electrons. The van der Waals surface area contributed by atoms with Crippen molar-refractivity contribution in [3.63, 3.8) is 0 Å². The first-order chi connectivity index (χ1) is 14.0. The number of carbonyl (C=O) groups excluding carboxylic acids is 2. The van der Waals surface area contributed by atoms with E-state index in [1.165, 1.54) is 11.9 Å². The van der Waals surface area contributed by atoms with Gasteiger partial charge in [-0.1, -0.05) is 30.3 Å². The SMILES string of the molecule is CN1B(O)c2ccc([C@@H](CN)C(=O)Cc3ccc4cnccc4c3)cc2NC1=O.S. The molecule has 0 aliphatic carbocycles. The van der Waals surface area contributed by atoms with Gasteiger partial charge in [0.05, 0.1) is 5.92 Å². The van der Waals surface area contributed by atoms with Crippen molar-refractivity contribution in [1.82, 2.24) is 9.79 Å². The third-order valence-corrected chi connectivity index (χ3v) is 5.39. The summed E-state index contributed by atoms with van der Waals surface area (Å²) in [5.74, 6) is -0.497. The first-order valence-electron chi connectivity index (χ1n) is 9.39. The van der Waals surface area contributed by atoms with E-state index in [1.54, 1.807) is 30.6 Å². The molecule has 0 saturated heterocycles. The van der Waals surface area contributed by atoms with Gasteiger partial charge in [0.15, 0.2) is 0 Å². The summed E-state index contributed by atoms with van der Waals surface area (Å²) in [6.07, 6.45) is 3.77. The maximum absolute atomic E-state index is 13.0. The first kappa shape index (κ1) is 21.8. The predicted molar refractivity (Wildman–Crippen MR) is 123 cm³/mol. The van der Waals surface area contributed by atoms with Crippen LogP contribution in [0.1, 0.15) is 17.0 Å². The lowest BCUT2D eigenvalue weighted by Gasteiger charge is -2.29. The number of hydrogen-bond acceptors (Lipinski definition) is 5. The highest BCUT2D eigenvalue weighted by Crippen LogP contribution is 2.24. The molecule has 0 spiro atoms. The number of anilines is 1. The molecular weight excluding hydrogens is 399 g/mol. The van der Waals surface area contributed by atoms with Crippen molar-refractivity contribution >= 4 is 54.3 Å². The van der Waals surface area contributed by atoms with Gasteiger partial charge in [0.25, 0.3) is 0 Å². The molecule has 9 heteroatoms. The van der Waals surface area contributed by atoms with Crippen molar-refractivity contribution in [3.05, 3.63) is 66.0 Å². The Morgan fingerprint density at radius 2 is 2.03 bits per heavy atom. The quantitative estimate of drug-likeness (QED) is 0.539. The fraction of sp³-hybridized carbons (Fsp3) is 0.190. The van der Waals surface area contributed by atoms with E-state index in [9.17, 15) is 14.6 Å². The second kappa shape index (κ2) is 8.87. The number of hydrogen-bond donors (Lipinski definition) is 3. The monoisotopic (exact) mass is 422 g/mol. The second-order valence-corrected chi connectivity index (χ2v) is 7.25. The molecule has 1 aromatic heterocycles. The summed E-state index contributed by atoms with van der Waals surface area (Å²) in [4.78, 5) is 30.3. The first-order valence-corrected chi connectivity index (χ1v) is 9.39. The van der Waals surface area contributed by atoms with Gasteiger partial charge in [-0.15, -0.1) is 0 Å². The fourth-order valence-corrected chi connectivity index (χ4v) is 3.67. The van der Waals surface area contributed by atoms with Gasteiger partial charge in [0.1, 0.15) is 5.78 Å².